The van der Waals surface area contributed by atoms with Gasteiger partial charge in [-0.2, -0.15) is 0 Å². The van der Waals surface area contributed by atoms with Crippen molar-refractivity contribution in [1.29, 1.82) is 0 Å². The predicted octanol–water partition coefficient (Wildman–Crippen LogP) is 0.422. The maximum atomic E-state index is 11.1. The molecule has 0 aromatic rings. The number of piperidine rings is 1. The largest absolute Gasteiger partial charge is 0.453 e. The Hall–Kier alpha value is -0.770. The van der Waals surface area contributed by atoms with Gasteiger partial charge in [-0.3, -0.25) is 0 Å². The molecule has 1 saturated heterocycles. The first-order chi connectivity index (χ1) is 5.65. The monoisotopic (exact) mass is 172 g/mol. The Labute approximate surface area is 72.7 Å². The highest BCUT2D eigenvalue weighted by Crippen LogP contribution is 2.15. The zero-order chi connectivity index (χ0) is 9.14. The summed E-state index contributed by atoms with van der Waals surface area (Å²) in [6, 6.07) is 0.228. The highest BCUT2D eigenvalue weighted by atomic mass is 16.5. The summed E-state index contributed by atoms with van der Waals surface area (Å²) in [5.41, 5.74) is 5.80. The number of hydrogen-bond donors (Lipinski definition) is 1. The van der Waals surface area contributed by atoms with Crippen molar-refractivity contribution in [3.63, 3.8) is 0 Å². The fourth-order valence-corrected chi connectivity index (χ4v) is 1.46. The summed E-state index contributed by atoms with van der Waals surface area (Å²) < 4.78 is 4.62. The fourth-order valence-electron chi connectivity index (χ4n) is 1.46. The second-order valence-corrected chi connectivity index (χ2v) is 3.35. The third kappa shape index (κ3) is 1.88. The van der Waals surface area contributed by atoms with Gasteiger partial charge in [0.25, 0.3) is 0 Å². The topological polar surface area (TPSA) is 55.6 Å². The molecule has 12 heavy (non-hydrogen) atoms. The van der Waals surface area contributed by atoms with Crippen molar-refractivity contribution in [3.8, 4) is 0 Å². The fraction of sp³-hybridized carbons (Fsp3) is 0.875. The van der Waals surface area contributed by atoms with Crippen molar-refractivity contribution < 1.29 is 9.53 Å². The molecule has 70 valence electrons. The van der Waals surface area contributed by atoms with Crippen LogP contribution in [0.3, 0.4) is 0 Å². The van der Waals surface area contributed by atoms with E-state index in [1.165, 1.54) is 7.11 Å². The summed E-state index contributed by atoms with van der Waals surface area (Å²) in [7, 11) is 1.40. The minimum Gasteiger partial charge on any atom is -0.453 e. The van der Waals surface area contributed by atoms with Gasteiger partial charge in [0, 0.05) is 19.1 Å². The number of methoxy groups -OCH3 is 1. The second kappa shape index (κ2) is 3.76. The molecule has 2 unspecified atom stereocenters. The summed E-state index contributed by atoms with van der Waals surface area (Å²) in [5.74, 6) is 0.373. The van der Waals surface area contributed by atoms with E-state index in [2.05, 4.69) is 11.7 Å². The van der Waals surface area contributed by atoms with Crippen LogP contribution in [0.4, 0.5) is 4.79 Å². The van der Waals surface area contributed by atoms with Gasteiger partial charge in [0.15, 0.2) is 0 Å². The Balaban J connectivity index is 2.45. The first-order valence-corrected chi connectivity index (χ1v) is 4.23. The lowest BCUT2D eigenvalue weighted by atomic mass is 9.95. The minimum absolute atomic E-state index is 0.228. The van der Waals surface area contributed by atoms with Crippen LogP contribution in [0.25, 0.3) is 0 Å². The van der Waals surface area contributed by atoms with E-state index in [1.807, 2.05) is 0 Å². The van der Waals surface area contributed by atoms with Crippen LogP contribution in [-0.2, 0) is 4.74 Å². The molecule has 1 aliphatic rings. The number of nitrogens with zero attached hydrogens (tertiary/aromatic N) is 1. The Morgan fingerprint density at radius 3 is 2.83 bits per heavy atom. The molecule has 0 bridgehead atoms. The number of ether oxygens (including phenoxy) is 1. The third-order valence-electron chi connectivity index (χ3n) is 2.40. The van der Waals surface area contributed by atoms with Gasteiger partial charge >= 0.3 is 6.09 Å². The van der Waals surface area contributed by atoms with Gasteiger partial charge in [-0.05, 0) is 12.3 Å². The zero-order valence-electron chi connectivity index (χ0n) is 7.62. The molecule has 2 atom stereocenters. The van der Waals surface area contributed by atoms with Crippen LogP contribution in [0.5, 0.6) is 0 Å². The van der Waals surface area contributed by atoms with Gasteiger partial charge in [0.1, 0.15) is 0 Å². The maximum absolute atomic E-state index is 11.1. The van der Waals surface area contributed by atoms with E-state index in [4.69, 9.17) is 5.73 Å². The normalized spacial score (nSPS) is 30.1. The van der Waals surface area contributed by atoms with Crippen molar-refractivity contribution in [2.45, 2.75) is 19.4 Å². The molecule has 2 N–H and O–H groups in total. The molecule has 4 heteroatoms. The molecule has 1 heterocycles. The molecule has 0 aromatic heterocycles. The Bertz CT molecular complexity index is 172. The van der Waals surface area contributed by atoms with Crippen LogP contribution in [0, 0.1) is 5.92 Å². The van der Waals surface area contributed by atoms with E-state index in [-0.39, 0.29) is 12.1 Å². The van der Waals surface area contributed by atoms with E-state index in [0.29, 0.717) is 12.5 Å². The van der Waals surface area contributed by atoms with Gasteiger partial charge in [-0.15, -0.1) is 0 Å². The van der Waals surface area contributed by atoms with Crippen LogP contribution >= 0.6 is 0 Å². The number of carbonyl (C=O) groups is 1. The molecule has 4 nitrogen and oxygen atoms in total. The number of nitrogens with two attached hydrogens (primary N) is 1. The van der Waals surface area contributed by atoms with Crippen LogP contribution in [-0.4, -0.2) is 37.2 Å². The van der Waals surface area contributed by atoms with E-state index in [0.717, 1.165) is 13.0 Å². The lowest BCUT2D eigenvalue weighted by Crippen LogP contribution is -2.48. The SMILES string of the molecule is COC(=O)N1CCC(N)C(C)C1. The molecule has 0 radical (unpaired) electrons. The molecular weight excluding hydrogens is 156 g/mol. The highest BCUT2D eigenvalue weighted by Gasteiger charge is 2.26. The highest BCUT2D eigenvalue weighted by molar-refractivity contribution is 5.67. The average molecular weight is 172 g/mol. The van der Waals surface area contributed by atoms with Crippen LogP contribution in [0.2, 0.25) is 0 Å². The molecule has 0 aliphatic carbocycles. The zero-order valence-corrected chi connectivity index (χ0v) is 7.62. The van der Waals surface area contributed by atoms with Gasteiger partial charge in [-0.25, -0.2) is 4.79 Å². The Morgan fingerprint density at radius 1 is 1.67 bits per heavy atom. The number of likely N-dealkylation sites (tertiary alicyclic amines) is 1. The summed E-state index contributed by atoms with van der Waals surface area (Å²) >= 11 is 0. The van der Waals surface area contributed by atoms with Gasteiger partial charge < -0.3 is 15.4 Å². The lowest BCUT2D eigenvalue weighted by molar-refractivity contribution is 0.0995. The number of carbonyl (C=O) groups excluding carboxylic acids is 1. The first kappa shape index (κ1) is 9.32. The van der Waals surface area contributed by atoms with Crippen molar-refractivity contribution in [2.24, 2.45) is 11.7 Å². The maximum Gasteiger partial charge on any atom is 0.409 e. The molecule has 0 saturated carbocycles. The molecule has 0 aromatic carbocycles. The third-order valence-corrected chi connectivity index (χ3v) is 2.40. The first-order valence-electron chi connectivity index (χ1n) is 4.23. The smallest absolute Gasteiger partial charge is 0.409 e. The minimum atomic E-state index is -0.242. The summed E-state index contributed by atoms with van der Waals surface area (Å²) in [4.78, 5) is 12.8. The Kier molecular flexibility index (Phi) is 2.92. The predicted molar refractivity (Wildman–Crippen MR) is 45.7 cm³/mol. The lowest BCUT2D eigenvalue weighted by Gasteiger charge is -2.33. The second-order valence-electron chi connectivity index (χ2n) is 3.35. The summed E-state index contributed by atoms with van der Waals surface area (Å²) in [6.07, 6.45) is 0.629. The summed E-state index contributed by atoms with van der Waals surface area (Å²) in [5, 5.41) is 0. The molecular formula is C8H16N2O2. The Morgan fingerprint density at radius 2 is 2.33 bits per heavy atom. The van der Waals surface area contributed by atoms with E-state index < -0.39 is 0 Å². The van der Waals surface area contributed by atoms with Crippen molar-refractivity contribution in [2.75, 3.05) is 20.2 Å². The van der Waals surface area contributed by atoms with Gasteiger partial charge in [0.05, 0.1) is 7.11 Å². The molecule has 1 rings (SSSR count). The van der Waals surface area contributed by atoms with Gasteiger partial charge in [0.2, 0.25) is 0 Å². The standard InChI is InChI=1S/C8H16N2O2/c1-6-5-10(8(11)12-2)4-3-7(6)9/h6-7H,3-5,9H2,1-2H3. The number of hydrogen-bond acceptors (Lipinski definition) is 3. The summed E-state index contributed by atoms with van der Waals surface area (Å²) in [6.45, 7) is 3.49. The molecule has 1 amide bonds. The van der Waals surface area contributed by atoms with Crippen molar-refractivity contribution in [3.05, 3.63) is 0 Å². The van der Waals surface area contributed by atoms with Gasteiger partial charge in [-0.1, -0.05) is 6.92 Å². The van der Waals surface area contributed by atoms with Crippen LogP contribution in [0.15, 0.2) is 0 Å². The van der Waals surface area contributed by atoms with E-state index >= 15 is 0 Å². The molecule has 1 fully saturated rings. The van der Waals surface area contributed by atoms with Crippen LogP contribution < -0.4 is 5.73 Å². The van der Waals surface area contributed by atoms with Crippen LogP contribution in [0.1, 0.15) is 13.3 Å². The van der Waals surface area contributed by atoms with E-state index in [9.17, 15) is 4.79 Å². The quantitative estimate of drug-likeness (QED) is 0.576. The van der Waals surface area contributed by atoms with Crippen molar-refractivity contribution in [1.82, 2.24) is 4.90 Å². The van der Waals surface area contributed by atoms with Crippen molar-refractivity contribution >= 4 is 6.09 Å². The van der Waals surface area contributed by atoms with E-state index in [1.54, 1.807) is 4.90 Å². The molecule has 1 aliphatic heterocycles. The molecule has 0 spiro atoms. The average Bonchev–Trinajstić information content (AvgIpc) is 2.08. The number of rotatable bonds is 0. The number of amides is 1.